The number of hydrogen-bond donors (Lipinski definition) is 1. The predicted molar refractivity (Wildman–Crippen MR) is 140 cm³/mol. The summed E-state index contributed by atoms with van der Waals surface area (Å²) in [4.78, 5) is 14.8. The fourth-order valence-corrected chi connectivity index (χ4v) is 4.21. The van der Waals surface area contributed by atoms with Crippen LogP contribution in [-0.4, -0.2) is 35.0 Å². The van der Waals surface area contributed by atoms with E-state index in [1.54, 1.807) is 25.0 Å². The van der Waals surface area contributed by atoms with E-state index in [-0.39, 0.29) is 5.91 Å². The normalized spacial score (nSPS) is 14.3. The van der Waals surface area contributed by atoms with Crippen LogP contribution in [0.25, 0.3) is 23.0 Å². The van der Waals surface area contributed by atoms with E-state index in [2.05, 4.69) is 5.32 Å². The van der Waals surface area contributed by atoms with Crippen molar-refractivity contribution in [3.8, 4) is 28.4 Å². The average molecular weight is 483 g/mol. The number of ether oxygens (including phenoxy) is 2. The molecule has 1 aromatic heterocycles. The van der Waals surface area contributed by atoms with Crippen molar-refractivity contribution in [1.29, 1.82) is 0 Å². The van der Waals surface area contributed by atoms with E-state index < -0.39 is 0 Å². The van der Waals surface area contributed by atoms with E-state index >= 15 is 0 Å². The molecule has 0 saturated carbocycles. The number of methoxy groups -OCH3 is 2. The zero-order chi connectivity index (χ0) is 24.4. The lowest BCUT2D eigenvalue weighted by atomic mass is 10.1. The zero-order valence-electron chi connectivity index (χ0n) is 19.1. The third-order valence-electron chi connectivity index (χ3n) is 5.61. The zero-order valence-corrected chi connectivity index (χ0v) is 20.0. The minimum absolute atomic E-state index is 0.230. The molecular formula is C27H22N4O3S. The monoisotopic (exact) mass is 482 g/mol. The number of benzene rings is 3. The van der Waals surface area contributed by atoms with E-state index in [1.165, 1.54) is 4.90 Å². The molecule has 1 aliphatic rings. The number of anilines is 1. The van der Waals surface area contributed by atoms with Crippen molar-refractivity contribution < 1.29 is 14.3 Å². The quantitative estimate of drug-likeness (QED) is 0.314. The van der Waals surface area contributed by atoms with Gasteiger partial charge in [-0.25, -0.2) is 4.68 Å². The summed E-state index contributed by atoms with van der Waals surface area (Å²) in [6.45, 7) is 0. The van der Waals surface area contributed by atoms with Crippen LogP contribution in [0.2, 0.25) is 0 Å². The molecule has 0 radical (unpaired) electrons. The Kier molecular flexibility index (Phi) is 6.03. The first-order valence-corrected chi connectivity index (χ1v) is 11.3. The highest BCUT2D eigenvalue weighted by Crippen LogP contribution is 2.34. The number of nitrogens with zero attached hydrogens (tertiary/aromatic N) is 3. The van der Waals surface area contributed by atoms with E-state index in [0.717, 1.165) is 16.8 Å². The van der Waals surface area contributed by atoms with Gasteiger partial charge in [0.25, 0.3) is 5.91 Å². The summed E-state index contributed by atoms with van der Waals surface area (Å²) in [5, 5.41) is 8.22. The molecule has 0 aliphatic carbocycles. The second-order valence-electron chi connectivity index (χ2n) is 7.75. The van der Waals surface area contributed by atoms with Crippen LogP contribution in [0, 0.1) is 0 Å². The molecule has 0 bridgehead atoms. The Labute approximate surface area is 208 Å². The van der Waals surface area contributed by atoms with E-state index in [9.17, 15) is 4.79 Å². The van der Waals surface area contributed by atoms with Gasteiger partial charge in [-0.1, -0.05) is 36.4 Å². The van der Waals surface area contributed by atoms with Crippen molar-refractivity contribution in [1.82, 2.24) is 15.1 Å². The number of carbonyl (C=O) groups is 1. The molecule has 2 heterocycles. The highest BCUT2D eigenvalue weighted by atomic mass is 32.1. The SMILES string of the molecule is COc1ccc(-c2nn(-c3ccccc3)cc2/C=C2\NC(=S)N(c3ccccc3)C2=O)cc1OC. The molecule has 8 heteroatoms. The van der Waals surface area contributed by atoms with Crippen LogP contribution >= 0.6 is 12.2 Å². The maximum Gasteiger partial charge on any atom is 0.281 e. The Bertz CT molecular complexity index is 1430. The number of hydrogen-bond acceptors (Lipinski definition) is 5. The molecule has 1 amide bonds. The highest BCUT2D eigenvalue weighted by Gasteiger charge is 2.32. The maximum atomic E-state index is 13.3. The highest BCUT2D eigenvalue weighted by molar-refractivity contribution is 7.80. The lowest BCUT2D eigenvalue weighted by molar-refractivity contribution is -0.113. The first-order valence-electron chi connectivity index (χ1n) is 10.9. The van der Waals surface area contributed by atoms with Crippen molar-refractivity contribution >= 4 is 35.0 Å². The van der Waals surface area contributed by atoms with Gasteiger partial charge in [-0.15, -0.1) is 0 Å². The molecule has 1 saturated heterocycles. The first-order chi connectivity index (χ1) is 17.1. The van der Waals surface area contributed by atoms with Crippen molar-refractivity contribution in [2.75, 3.05) is 19.1 Å². The summed E-state index contributed by atoms with van der Waals surface area (Å²) >= 11 is 5.46. The number of rotatable bonds is 6. The molecule has 1 fully saturated rings. The van der Waals surface area contributed by atoms with Crippen molar-refractivity contribution in [2.24, 2.45) is 0 Å². The summed E-state index contributed by atoms with van der Waals surface area (Å²) in [5.41, 5.74) is 4.21. The molecule has 4 aromatic rings. The third kappa shape index (κ3) is 4.27. The molecule has 0 unspecified atom stereocenters. The summed E-state index contributed by atoms with van der Waals surface area (Å²) in [6, 6.07) is 24.7. The van der Waals surface area contributed by atoms with Gasteiger partial charge in [-0.3, -0.25) is 9.69 Å². The number of amides is 1. The number of carbonyl (C=O) groups excluding carboxylic acids is 1. The largest absolute Gasteiger partial charge is 0.493 e. The summed E-state index contributed by atoms with van der Waals surface area (Å²) < 4.78 is 12.7. The molecule has 35 heavy (non-hydrogen) atoms. The van der Waals surface area contributed by atoms with Gasteiger partial charge in [0, 0.05) is 17.3 Å². The number of nitrogens with one attached hydrogen (secondary N) is 1. The molecule has 1 aliphatic heterocycles. The van der Waals surface area contributed by atoms with E-state index in [4.69, 9.17) is 26.8 Å². The molecule has 174 valence electrons. The van der Waals surface area contributed by atoms with Crippen LogP contribution in [0.5, 0.6) is 11.5 Å². The standard InChI is InChI=1S/C27H22N4O3S/c1-33-23-14-13-18(16-24(23)34-2)25-19(17-30(29-25)20-9-5-3-6-10-20)15-22-26(32)31(27(35)28-22)21-11-7-4-8-12-21/h3-17H,1-2H3,(H,28,35)/b22-15-. The van der Waals surface area contributed by atoms with E-state index in [0.29, 0.717) is 33.7 Å². The van der Waals surface area contributed by atoms with Gasteiger partial charge < -0.3 is 14.8 Å². The fourth-order valence-electron chi connectivity index (χ4n) is 3.92. The molecule has 0 spiro atoms. The van der Waals surface area contributed by atoms with Crippen LogP contribution in [0.1, 0.15) is 5.56 Å². The van der Waals surface area contributed by atoms with Crippen LogP contribution in [0.4, 0.5) is 5.69 Å². The first kappa shape index (κ1) is 22.4. The van der Waals surface area contributed by atoms with E-state index in [1.807, 2.05) is 85.1 Å². The molecule has 7 nitrogen and oxygen atoms in total. The van der Waals surface area contributed by atoms with Crippen LogP contribution in [-0.2, 0) is 4.79 Å². The fraction of sp³-hybridized carbons (Fsp3) is 0.0741. The Morgan fingerprint density at radius 1 is 0.886 bits per heavy atom. The summed E-state index contributed by atoms with van der Waals surface area (Å²) in [7, 11) is 3.18. The predicted octanol–water partition coefficient (Wildman–Crippen LogP) is 4.82. The van der Waals surface area contributed by atoms with Gasteiger partial charge in [0.2, 0.25) is 0 Å². The Hall–Kier alpha value is -4.43. The third-order valence-corrected chi connectivity index (χ3v) is 5.90. The Morgan fingerprint density at radius 2 is 1.54 bits per heavy atom. The maximum absolute atomic E-state index is 13.3. The van der Waals surface area contributed by atoms with Gasteiger partial charge in [-0.2, -0.15) is 5.10 Å². The van der Waals surface area contributed by atoms with Gasteiger partial charge in [0.05, 0.1) is 25.6 Å². The number of para-hydroxylation sites is 2. The molecule has 5 rings (SSSR count). The summed E-state index contributed by atoms with van der Waals surface area (Å²) in [5.74, 6) is 0.978. The van der Waals surface area contributed by atoms with Crippen molar-refractivity contribution in [3.63, 3.8) is 0 Å². The average Bonchev–Trinajstić information content (AvgIpc) is 3.44. The lowest BCUT2D eigenvalue weighted by Crippen LogP contribution is -2.30. The van der Waals surface area contributed by atoms with Gasteiger partial charge >= 0.3 is 0 Å². The van der Waals surface area contributed by atoms with Crippen molar-refractivity contribution in [3.05, 3.63) is 96.3 Å². The van der Waals surface area contributed by atoms with Crippen LogP contribution in [0.3, 0.4) is 0 Å². The Morgan fingerprint density at radius 3 is 2.20 bits per heavy atom. The topological polar surface area (TPSA) is 68.6 Å². The minimum atomic E-state index is -0.230. The second kappa shape index (κ2) is 9.44. The van der Waals surface area contributed by atoms with Gasteiger partial charge in [0.1, 0.15) is 11.4 Å². The number of aromatic nitrogens is 2. The van der Waals surface area contributed by atoms with Crippen LogP contribution in [0.15, 0.2) is 90.8 Å². The van der Waals surface area contributed by atoms with Crippen LogP contribution < -0.4 is 19.7 Å². The van der Waals surface area contributed by atoms with Gasteiger partial charge in [0.15, 0.2) is 16.6 Å². The summed E-state index contributed by atoms with van der Waals surface area (Å²) in [6.07, 6.45) is 3.66. The smallest absolute Gasteiger partial charge is 0.281 e. The lowest BCUT2D eigenvalue weighted by Gasteiger charge is -2.13. The molecular weight excluding hydrogens is 460 g/mol. The second-order valence-corrected chi connectivity index (χ2v) is 8.13. The Balaban J connectivity index is 1.61. The van der Waals surface area contributed by atoms with Gasteiger partial charge in [-0.05, 0) is 60.8 Å². The molecule has 1 N–H and O–H groups in total. The number of thiocarbonyl (C=S) groups is 1. The van der Waals surface area contributed by atoms with Crippen molar-refractivity contribution in [2.45, 2.75) is 0 Å². The minimum Gasteiger partial charge on any atom is -0.493 e. The molecule has 3 aromatic carbocycles. The molecule has 0 atom stereocenters.